The number of aromatic nitrogens is 1. The van der Waals surface area contributed by atoms with Gasteiger partial charge in [0.2, 0.25) is 15.8 Å². The number of primary sulfonamides is 1. The van der Waals surface area contributed by atoms with E-state index in [1.807, 2.05) is 0 Å². The molecule has 0 saturated heterocycles. The van der Waals surface area contributed by atoms with Crippen molar-refractivity contribution < 1.29 is 26.9 Å². The number of nitrogens with zero attached hydrogens (tertiary/aromatic N) is 1. The molecule has 0 bridgehead atoms. The summed E-state index contributed by atoms with van der Waals surface area (Å²) in [7, 11) is -3.83. The van der Waals surface area contributed by atoms with Crippen LogP contribution in [0, 0.1) is 0 Å². The number of carbonyl (C=O) groups is 1. The minimum Gasteiger partial charge on any atom is -0.461 e. The lowest BCUT2D eigenvalue weighted by Crippen LogP contribution is -2.10. The second kappa shape index (κ2) is 5.99. The molecule has 0 amide bonds. The van der Waals surface area contributed by atoms with Crippen molar-refractivity contribution >= 4 is 27.3 Å². The highest BCUT2D eigenvalue weighted by atomic mass is 32.2. The summed E-state index contributed by atoms with van der Waals surface area (Å²) in [5, 5.41) is 10.1. The molecule has 3 rings (SSSR count). The number of hydrogen-bond donors (Lipinski definition) is 1. The van der Waals surface area contributed by atoms with Crippen LogP contribution in [0.4, 0.5) is 0 Å². The Labute approximate surface area is 134 Å². The Balaban J connectivity index is 1.64. The molecule has 0 fully saturated rings. The van der Waals surface area contributed by atoms with Crippen LogP contribution in [0.1, 0.15) is 16.1 Å². The fraction of sp³-hybridized carbons (Fsp3) is 0.0769. The number of rotatable bonds is 5. The van der Waals surface area contributed by atoms with Gasteiger partial charge in [-0.25, -0.2) is 18.4 Å². The third-order valence-electron chi connectivity index (χ3n) is 2.77. The quantitative estimate of drug-likeness (QED) is 0.694. The van der Waals surface area contributed by atoms with E-state index in [0.29, 0.717) is 17.2 Å². The zero-order chi connectivity index (χ0) is 16.4. The molecule has 8 nitrogen and oxygen atoms in total. The number of carbonyl (C=O) groups excluding carboxylic acids is 1. The smallest absolute Gasteiger partial charge is 0.339 e. The zero-order valence-electron chi connectivity index (χ0n) is 11.5. The molecule has 0 spiro atoms. The van der Waals surface area contributed by atoms with E-state index in [4.69, 9.17) is 18.8 Å². The Morgan fingerprint density at radius 1 is 1.35 bits per heavy atom. The lowest BCUT2D eigenvalue weighted by molar-refractivity contribution is 0.0465. The van der Waals surface area contributed by atoms with Crippen LogP contribution in [-0.2, 0) is 21.4 Å². The molecule has 0 aliphatic heterocycles. The monoisotopic (exact) mass is 354 g/mol. The average Bonchev–Trinajstić information content (AvgIpc) is 3.22. The Kier molecular flexibility index (Phi) is 4.03. The number of sulfonamides is 1. The van der Waals surface area contributed by atoms with Gasteiger partial charge in [-0.05, 0) is 18.2 Å². The van der Waals surface area contributed by atoms with Crippen LogP contribution in [0.3, 0.4) is 0 Å². The number of ether oxygens (including phenoxy) is 1. The second-order valence-electron chi connectivity index (χ2n) is 4.44. The van der Waals surface area contributed by atoms with Crippen LogP contribution in [0.5, 0.6) is 0 Å². The molecule has 3 heterocycles. The van der Waals surface area contributed by atoms with Crippen LogP contribution >= 0.6 is 11.3 Å². The van der Waals surface area contributed by atoms with Gasteiger partial charge in [-0.2, -0.15) is 0 Å². The maximum Gasteiger partial charge on any atom is 0.339 e. The van der Waals surface area contributed by atoms with Crippen LogP contribution < -0.4 is 5.14 Å². The number of esters is 1. The van der Waals surface area contributed by atoms with Crippen molar-refractivity contribution in [3.63, 3.8) is 0 Å². The fourth-order valence-corrected chi connectivity index (χ4v) is 3.28. The first-order valence-corrected chi connectivity index (χ1v) is 8.64. The Morgan fingerprint density at radius 3 is 2.83 bits per heavy atom. The number of nitrogens with two attached hydrogens (primary N) is 1. The number of furan rings is 1. The van der Waals surface area contributed by atoms with E-state index >= 15 is 0 Å². The summed E-state index contributed by atoms with van der Waals surface area (Å²) in [4.78, 5) is 11.9. The van der Waals surface area contributed by atoms with Gasteiger partial charge < -0.3 is 13.7 Å². The minimum atomic E-state index is -3.83. The lowest BCUT2D eigenvalue weighted by atomic mass is 10.3. The van der Waals surface area contributed by atoms with Gasteiger partial charge in [0, 0.05) is 11.4 Å². The van der Waals surface area contributed by atoms with Crippen LogP contribution in [0.25, 0.3) is 11.5 Å². The van der Waals surface area contributed by atoms with E-state index in [2.05, 4.69) is 5.16 Å². The maximum absolute atomic E-state index is 11.9. The predicted molar refractivity (Wildman–Crippen MR) is 79.0 cm³/mol. The van der Waals surface area contributed by atoms with Crippen molar-refractivity contribution in [3.8, 4) is 11.5 Å². The summed E-state index contributed by atoms with van der Waals surface area (Å²) in [6.07, 6.45) is 1.50. The maximum atomic E-state index is 11.9. The van der Waals surface area contributed by atoms with Crippen molar-refractivity contribution in [2.45, 2.75) is 10.8 Å². The van der Waals surface area contributed by atoms with Gasteiger partial charge in [-0.3, -0.25) is 0 Å². The predicted octanol–water partition coefficient (Wildman–Crippen LogP) is 2.00. The van der Waals surface area contributed by atoms with E-state index in [1.54, 1.807) is 18.2 Å². The van der Waals surface area contributed by atoms with Crippen LogP contribution in [-0.4, -0.2) is 19.5 Å². The SMILES string of the molecule is NS(=O)(=O)c1cc(C(=O)OCc2cc(-c3ccco3)on2)cs1. The Morgan fingerprint density at radius 2 is 2.17 bits per heavy atom. The molecule has 3 aromatic heterocycles. The van der Waals surface area contributed by atoms with E-state index in [1.165, 1.54) is 17.7 Å². The molecular weight excluding hydrogens is 344 g/mol. The second-order valence-corrected chi connectivity index (χ2v) is 7.13. The van der Waals surface area contributed by atoms with Gasteiger partial charge in [0.05, 0.1) is 11.8 Å². The summed E-state index contributed by atoms with van der Waals surface area (Å²) in [5.41, 5.74) is 0.500. The zero-order valence-corrected chi connectivity index (χ0v) is 13.1. The molecule has 2 N–H and O–H groups in total. The van der Waals surface area contributed by atoms with E-state index in [9.17, 15) is 13.2 Å². The van der Waals surface area contributed by atoms with Crippen LogP contribution in [0.2, 0.25) is 0 Å². The third kappa shape index (κ3) is 3.50. The lowest BCUT2D eigenvalue weighted by Gasteiger charge is -1.99. The first-order valence-electron chi connectivity index (χ1n) is 6.21. The standard InChI is InChI=1S/C13H10N2O6S2/c14-23(17,18)12-4-8(7-22-12)13(16)20-6-9-5-11(21-15-9)10-2-1-3-19-10/h1-5,7H,6H2,(H2,14,17,18). The molecule has 120 valence electrons. The molecule has 0 unspecified atom stereocenters. The summed E-state index contributed by atoms with van der Waals surface area (Å²) in [6.45, 7) is -0.121. The average molecular weight is 354 g/mol. The van der Waals surface area contributed by atoms with E-state index < -0.39 is 16.0 Å². The highest BCUT2D eigenvalue weighted by molar-refractivity contribution is 7.91. The van der Waals surface area contributed by atoms with Gasteiger partial charge in [-0.15, -0.1) is 11.3 Å². The molecule has 0 radical (unpaired) electrons. The van der Waals surface area contributed by atoms with E-state index in [0.717, 1.165) is 11.3 Å². The van der Waals surface area contributed by atoms with Crippen molar-refractivity contribution in [2.24, 2.45) is 5.14 Å². The van der Waals surface area contributed by atoms with E-state index in [-0.39, 0.29) is 16.4 Å². The third-order valence-corrected chi connectivity index (χ3v) is 5.15. The van der Waals surface area contributed by atoms with Crippen LogP contribution in [0.15, 0.2) is 49.1 Å². The highest BCUT2D eigenvalue weighted by Crippen LogP contribution is 2.22. The van der Waals surface area contributed by atoms with Crippen molar-refractivity contribution in [1.82, 2.24) is 5.16 Å². The van der Waals surface area contributed by atoms with Crippen molar-refractivity contribution in [1.29, 1.82) is 0 Å². The first kappa shape index (κ1) is 15.5. The number of thiophene rings is 1. The van der Waals surface area contributed by atoms with Crippen molar-refractivity contribution in [2.75, 3.05) is 0 Å². The molecular formula is C13H10N2O6S2. The fourth-order valence-electron chi connectivity index (χ4n) is 1.71. The summed E-state index contributed by atoms with van der Waals surface area (Å²) < 4.78 is 37.5. The molecule has 0 aliphatic rings. The summed E-state index contributed by atoms with van der Waals surface area (Å²) >= 11 is 0.849. The van der Waals surface area contributed by atoms with Crippen molar-refractivity contribution in [3.05, 3.63) is 47.2 Å². The molecule has 23 heavy (non-hydrogen) atoms. The first-order chi connectivity index (χ1) is 10.9. The molecule has 0 aliphatic carbocycles. The summed E-state index contributed by atoms with van der Waals surface area (Å²) in [6, 6.07) is 6.16. The van der Waals surface area contributed by atoms with Gasteiger partial charge in [0.1, 0.15) is 16.5 Å². The summed E-state index contributed by atoms with van der Waals surface area (Å²) in [5.74, 6) is 0.234. The van der Waals surface area contributed by atoms with Gasteiger partial charge in [0.25, 0.3) is 0 Å². The van der Waals surface area contributed by atoms with Gasteiger partial charge in [-0.1, -0.05) is 5.16 Å². The normalized spacial score (nSPS) is 11.5. The highest BCUT2D eigenvalue weighted by Gasteiger charge is 2.17. The minimum absolute atomic E-state index is 0.105. The van der Waals surface area contributed by atoms with Gasteiger partial charge in [0.15, 0.2) is 5.76 Å². The molecule has 10 heteroatoms. The topological polar surface area (TPSA) is 126 Å². The molecule has 0 aromatic carbocycles. The Hall–Kier alpha value is -2.43. The molecule has 3 aromatic rings. The molecule has 0 saturated carbocycles. The largest absolute Gasteiger partial charge is 0.461 e. The van der Waals surface area contributed by atoms with Gasteiger partial charge >= 0.3 is 5.97 Å². The number of hydrogen-bond acceptors (Lipinski definition) is 8. The Bertz CT molecular complexity index is 923. The molecule has 0 atom stereocenters.